The van der Waals surface area contributed by atoms with Crippen molar-refractivity contribution in [1.29, 1.82) is 0 Å². The third-order valence-electron chi connectivity index (χ3n) is 3.33. The van der Waals surface area contributed by atoms with Gasteiger partial charge in [-0.05, 0) is 30.2 Å². The van der Waals surface area contributed by atoms with E-state index in [1.165, 1.54) is 18.2 Å². The quantitative estimate of drug-likeness (QED) is 0.288. The summed E-state index contributed by atoms with van der Waals surface area (Å²) in [5.41, 5.74) is 0.662. The summed E-state index contributed by atoms with van der Waals surface area (Å²) < 4.78 is 32.0. The molecule has 0 aliphatic carbocycles. The highest BCUT2D eigenvalue weighted by Crippen LogP contribution is 2.11. The van der Waals surface area contributed by atoms with Crippen LogP contribution in [0.3, 0.4) is 0 Å². The minimum absolute atomic E-state index is 0. The summed E-state index contributed by atoms with van der Waals surface area (Å²) in [6, 6.07) is 12.7. The first-order valence-electron chi connectivity index (χ1n) is 7.75. The van der Waals surface area contributed by atoms with Crippen molar-refractivity contribution in [3.63, 3.8) is 0 Å². The van der Waals surface area contributed by atoms with Crippen molar-refractivity contribution in [2.45, 2.75) is 6.42 Å². The maximum Gasteiger partial charge on any atom is 0.191 e. The molecular weight excluding hydrogens is 439 g/mol. The number of benzene rings is 2. The minimum atomic E-state index is -0.328. The second-order valence-corrected chi connectivity index (χ2v) is 5.07. The fourth-order valence-electron chi connectivity index (χ4n) is 2.13. The molecule has 0 aliphatic rings. The van der Waals surface area contributed by atoms with E-state index in [0.717, 1.165) is 0 Å². The number of nitrogens with one attached hydrogen (secondary N) is 2. The van der Waals surface area contributed by atoms with Crippen molar-refractivity contribution < 1.29 is 13.5 Å². The normalized spacial score (nSPS) is 10.8. The molecule has 7 heteroatoms. The van der Waals surface area contributed by atoms with Crippen LogP contribution in [0.25, 0.3) is 0 Å². The Morgan fingerprint density at radius 3 is 2.52 bits per heavy atom. The second-order valence-electron chi connectivity index (χ2n) is 5.07. The lowest BCUT2D eigenvalue weighted by atomic mass is 10.1. The van der Waals surface area contributed by atoms with Crippen molar-refractivity contribution in [3.8, 4) is 5.75 Å². The van der Waals surface area contributed by atoms with Crippen LogP contribution in [-0.4, -0.2) is 32.7 Å². The van der Waals surface area contributed by atoms with Gasteiger partial charge in [-0.15, -0.1) is 24.0 Å². The van der Waals surface area contributed by atoms with Crippen LogP contribution in [0.4, 0.5) is 8.78 Å². The molecule has 0 fully saturated rings. The van der Waals surface area contributed by atoms with Gasteiger partial charge >= 0.3 is 0 Å². The van der Waals surface area contributed by atoms with E-state index in [4.69, 9.17) is 4.74 Å². The zero-order valence-electron chi connectivity index (χ0n) is 14.0. The Morgan fingerprint density at radius 1 is 1.04 bits per heavy atom. The molecule has 2 N–H and O–H groups in total. The lowest BCUT2D eigenvalue weighted by molar-refractivity contribution is 0.320. The zero-order valence-corrected chi connectivity index (χ0v) is 16.3. The van der Waals surface area contributed by atoms with Gasteiger partial charge in [-0.2, -0.15) is 0 Å². The molecule has 0 heterocycles. The maximum atomic E-state index is 13.5. The van der Waals surface area contributed by atoms with Crippen molar-refractivity contribution >= 4 is 29.9 Å². The van der Waals surface area contributed by atoms with Crippen LogP contribution >= 0.6 is 24.0 Å². The number of aliphatic imine (C=N–C) groups is 1. The van der Waals surface area contributed by atoms with Crippen molar-refractivity contribution in [1.82, 2.24) is 10.6 Å². The van der Waals surface area contributed by atoms with Crippen LogP contribution in [0.5, 0.6) is 5.75 Å². The first kappa shape index (κ1) is 21.1. The molecule has 0 aromatic heterocycles. The fraction of sp³-hybridized carbons (Fsp3) is 0.278. The Kier molecular flexibility index (Phi) is 9.83. The summed E-state index contributed by atoms with van der Waals surface area (Å²) in [5, 5.41) is 6.19. The third-order valence-corrected chi connectivity index (χ3v) is 3.33. The van der Waals surface area contributed by atoms with Crippen LogP contribution in [0.1, 0.15) is 5.56 Å². The average Bonchev–Trinajstić information content (AvgIpc) is 2.58. The number of rotatable bonds is 7. The number of nitrogens with zero attached hydrogens (tertiary/aromatic N) is 1. The third kappa shape index (κ3) is 7.68. The number of hydrogen-bond donors (Lipinski definition) is 2. The molecule has 0 atom stereocenters. The Labute approximate surface area is 163 Å². The van der Waals surface area contributed by atoms with E-state index in [-0.39, 0.29) is 35.6 Å². The Balaban J connectivity index is 0.00000312. The molecule has 4 nitrogen and oxygen atoms in total. The predicted molar refractivity (Wildman–Crippen MR) is 107 cm³/mol. The largest absolute Gasteiger partial charge is 0.492 e. The predicted octanol–water partition coefficient (Wildman–Crippen LogP) is 3.37. The van der Waals surface area contributed by atoms with Gasteiger partial charge in [0.1, 0.15) is 24.0 Å². The molecular formula is C18H22F2IN3O. The van der Waals surface area contributed by atoms with Gasteiger partial charge in [-0.1, -0.05) is 24.3 Å². The van der Waals surface area contributed by atoms with Crippen LogP contribution in [0.2, 0.25) is 0 Å². The van der Waals surface area contributed by atoms with E-state index < -0.39 is 0 Å². The van der Waals surface area contributed by atoms with Crippen LogP contribution in [0, 0.1) is 11.6 Å². The number of guanidine groups is 1. The zero-order chi connectivity index (χ0) is 17.2. The summed E-state index contributed by atoms with van der Waals surface area (Å²) in [5.74, 6) is 0.560. The van der Waals surface area contributed by atoms with Gasteiger partial charge in [0.15, 0.2) is 5.96 Å². The fourth-order valence-corrected chi connectivity index (χ4v) is 2.13. The van der Waals surface area contributed by atoms with Gasteiger partial charge in [-0.25, -0.2) is 8.78 Å². The average molecular weight is 461 g/mol. The SMILES string of the molecule is CN=C(NCCOc1cccc(F)c1)NCCc1ccccc1F.I. The first-order chi connectivity index (χ1) is 11.7. The molecule has 0 aliphatic heterocycles. The number of halogens is 3. The van der Waals surface area contributed by atoms with Crippen molar-refractivity contribution in [3.05, 3.63) is 65.7 Å². The smallest absolute Gasteiger partial charge is 0.191 e. The lowest BCUT2D eigenvalue weighted by Gasteiger charge is -2.12. The summed E-state index contributed by atoms with van der Waals surface area (Å²) in [6.45, 7) is 1.44. The minimum Gasteiger partial charge on any atom is -0.492 e. The second kappa shape index (κ2) is 11.6. The molecule has 2 aromatic carbocycles. The molecule has 0 saturated carbocycles. The standard InChI is InChI=1S/C18H21F2N3O.HI/c1-21-18(22-10-9-14-5-2-3-8-17(14)20)23-11-12-24-16-7-4-6-15(19)13-16;/h2-8,13H,9-12H2,1H3,(H2,21,22,23);1H. The summed E-state index contributed by atoms with van der Waals surface area (Å²) in [6.07, 6.45) is 0.563. The van der Waals surface area contributed by atoms with Crippen LogP contribution in [-0.2, 0) is 6.42 Å². The summed E-state index contributed by atoms with van der Waals surface area (Å²) >= 11 is 0. The van der Waals surface area contributed by atoms with E-state index in [9.17, 15) is 8.78 Å². The molecule has 0 unspecified atom stereocenters. The van der Waals surface area contributed by atoms with E-state index in [0.29, 0.717) is 43.4 Å². The molecule has 0 amide bonds. The Morgan fingerprint density at radius 2 is 1.80 bits per heavy atom. The Bertz CT molecular complexity index is 683. The van der Waals surface area contributed by atoms with E-state index in [1.807, 2.05) is 6.07 Å². The van der Waals surface area contributed by atoms with E-state index in [2.05, 4.69) is 15.6 Å². The van der Waals surface area contributed by atoms with Crippen LogP contribution in [0.15, 0.2) is 53.5 Å². The van der Waals surface area contributed by atoms with Crippen molar-refractivity contribution in [2.75, 3.05) is 26.7 Å². The van der Waals surface area contributed by atoms with E-state index >= 15 is 0 Å². The van der Waals surface area contributed by atoms with Crippen molar-refractivity contribution in [2.24, 2.45) is 4.99 Å². The highest BCUT2D eigenvalue weighted by molar-refractivity contribution is 14.0. The summed E-state index contributed by atoms with van der Waals surface area (Å²) in [7, 11) is 1.66. The van der Waals surface area contributed by atoms with Crippen LogP contribution < -0.4 is 15.4 Å². The molecule has 136 valence electrons. The Hall–Kier alpha value is -1.90. The highest BCUT2D eigenvalue weighted by Gasteiger charge is 2.02. The molecule has 0 saturated heterocycles. The highest BCUT2D eigenvalue weighted by atomic mass is 127. The van der Waals surface area contributed by atoms with Gasteiger partial charge in [0.2, 0.25) is 0 Å². The lowest BCUT2D eigenvalue weighted by Crippen LogP contribution is -2.40. The van der Waals surface area contributed by atoms with Gasteiger partial charge in [0.25, 0.3) is 0 Å². The molecule has 0 bridgehead atoms. The van der Waals surface area contributed by atoms with Gasteiger partial charge in [0.05, 0.1) is 6.54 Å². The monoisotopic (exact) mass is 461 g/mol. The van der Waals surface area contributed by atoms with Gasteiger partial charge < -0.3 is 15.4 Å². The number of ether oxygens (including phenoxy) is 1. The number of hydrogen-bond acceptors (Lipinski definition) is 2. The first-order valence-corrected chi connectivity index (χ1v) is 7.75. The summed E-state index contributed by atoms with van der Waals surface area (Å²) in [4.78, 5) is 4.09. The van der Waals surface area contributed by atoms with Gasteiger partial charge in [-0.3, -0.25) is 4.99 Å². The molecule has 0 radical (unpaired) electrons. The topological polar surface area (TPSA) is 45.7 Å². The maximum absolute atomic E-state index is 13.5. The molecule has 0 spiro atoms. The van der Waals surface area contributed by atoms with E-state index in [1.54, 1.807) is 31.3 Å². The molecule has 2 aromatic rings. The molecule has 25 heavy (non-hydrogen) atoms. The van der Waals surface area contributed by atoms with Gasteiger partial charge in [0, 0.05) is 19.7 Å². The molecule has 2 rings (SSSR count).